The standard InChI is InChI=1S/2CHFO2.Ni/c2*2-1(3)4;/h2*(H,3,4);/q;;+2/p-2. The zero-order chi connectivity index (χ0) is 7.15. The van der Waals surface area contributed by atoms with E-state index in [1.807, 2.05) is 0 Å². The van der Waals surface area contributed by atoms with Gasteiger partial charge < -0.3 is 19.8 Å². The van der Waals surface area contributed by atoms with E-state index < -0.39 is 12.4 Å². The predicted octanol–water partition coefficient (Wildman–Crippen LogP) is -1.40. The predicted molar refractivity (Wildman–Crippen MR) is 13.0 cm³/mol. The fraction of sp³-hybridized carbons (Fsp3) is 0. The van der Waals surface area contributed by atoms with Crippen molar-refractivity contribution in [2.24, 2.45) is 0 Å². The summed E-state index contributed by atoms with van der Waals surface area (Å²) >= 11 is 0. The molecule has 0 unspecified atom stereocenters. The molecule has 0 fully saturated rings. The van der Waals surface area contributed by atoms with Crippen LogP contribution in [0.2, 0.25) is 0 Å². The fourth-order valence-corrected chi connectivity index (χ4v) is 0. The Morgan fingerprint density at radius 2 is 1.00 bits per heavy atom. The second-order valence-electron chi connectivity index (χ2n) is 0.475. The van der Waals surface area contributed by atoms with Crippen molar-refractivity contribution in [2.75, 3.05) is 0 Å². The largest absolute Gasteiger partial charge is 2.00 e. The normalized spacial score (nSPS) is 5.56. The quantitative estimate of drug-likeness (QED) is 0.343. The number of hydrogen-bond donors (Lipinski definition) is 0. The second kappa shape index (κ2) is 10.3. The van der Waals surface area contributed by atoms with Crippen molar-refractivity contribution in [2.45, 2.75) is 0 Å². The number of halogens is 2. The molecule has 0 saturated carbocycles. The van der Waals surface area contributed by atoms with E-state index in [2.05, 4.69) is 0 Å². The van der Waals surface area contributed by atoms with Crippen molar-refractivity contribution in [3.05, 3.63) is 0 Å². The summed E-state index contributed by atoms with van der Waals surface area (Å²) in [4.78, 5) is 16.4. The molecular formula is C2F2NiO4. The summed E-state index contributed by atoms with van der Waals surface area (Å²) in [6.07, 6.45) is -5.17. The summed E-state index contributed by atoms with van der Waals surface area (Å²) in [7, 11) is 0. The molecule has 0 heterocycles. The van der Waals surface area contributed by atoms with E-state index in [9.17, 15) is 8.78 Å². The zero-order valence-corrected chi connectivity index (χ0v) is 4.69. The van der Waals surface area contributed by atoms with Crippen LogP contribution in [0.25, 0.3) is 0 Å². The van der Waals surface area contributed by atoms with Gasteiger partial charge in [-0.25, -0.2) is 0 Å². The first-order chi connectivity index (χ1) is 3.46. The summed E-state index contributed by atoms with van der Waals surface area (Å²) < 4.78 is 19.6. The number of rotatable bonds is 0. The van der Waals surface area contributed by atoms with E-state index in [1.54, 1.807) is 0 Å². The number of carbonyl (C=O) groups is 2. The Hall–Kier alpha value is -0.706. The van der Waals surface area contributed by atoms with E-state index in [0.717, 1.165) is 0 Å². The molecule has 0 atom stereocenters. The van der Waals surface area contributed by atoms with Crippen LogP contribution in [0, 0.1) is 0 Å². The third kappa shape index (κ3) is 409. The molecule has 0 aliphatic carbocycles. The van der Waals surface area contributed by atoms with Crippen LogP contribution < -0.4 is 10.2 Å². The van der Waals surface area contributed by atoms with E-state index in [-0.39, 0.29) is 16.5 Å². The molecular weight excluding hydrogens is 185 g/mol. The van der Waals surface area contributed by atoms with Gasteiger partial charge in [-0.2, -0.15) is 8.78 Å². The Morgan fingerprint density at radius 1 is 1.00 bits per heavy atom. The molecule has 0 aliphatic rings. The van der Waals surface area contributed by atoms with Gasteiger partial charge in [-0.3, -0.25) is 0 Å². The van der Waals surface area contributed by atoms with E-state index in [4.69, 9.17) is 19.8 Å². The minimum atomic E-state index is -2.58. The smallest absolute Gasteiger partial charge is 0.520 e. The van der Waals surface area contributed by atoms with Gasteiger partial charge >= 0.3 is 16.5 Å². The van der Waals surface area contributed by atoms with Crippen LogP contribution >= 0.6 is 0 Å². The third-order valence-electron chi connectivity index (χ3n) is 0. The van der Waals surface area contributed by atoms with E-state index in [0.29, 0.717) is 0 Å². The molecule has 0 amide bonds. The Labute approximate surface area is 58.4 Å². The summed E-state index contributed by atoms with van der Waals surface area (Å²) in [6.45, 7) is 0. The Morgan fingerprint density at radius 3 is 1.00 bits per heavy atom. The zero-order valence-electron chi connectivity index (χ0n) is 3.71. The third-order valence-corrected chi connectivity index (χ3v) is 0. The van der Waals surface area contributed by atoms with Gasteiger partial charge in [0.15, 0.2) is 0 Å². The molecule has 7 heteroatoms. The summed E-state index contributed by atoms with van der Waals surface area (Å²) in [5.41, 5.74) is 0. The van der Waals surface area contributed by atoms with Crippen molar-refractivity contribution < 1.29 is 45.1 Å². The molecule has 0 N–H and O–H groups in total. The van der Waals surface area contributed by atoms with Crippen molar-refractivity contribution in [3.8, 4) is 0 Å². The van der Waals surface area contributed by atoms with Crippen LogP contribution in [0.15, 0.2) is 0 Å². The molecule has 0 aliphatic heterocycles. The molecule has 4 nitrogen and oxygen atoms in total. The van der Waals surface area contributed by atoms with Crippen LogP contribution in [-0.4, -0.2) is 12.4 Å². The van der Waals surface area contributed by atoms with Gasteiger partial charge in [0.25, 0.3) is 0 Å². The molecule has 9 heavy (non-hydrogen) atoms. The van der Waals surface area contributed by atoms with Gasteiger partial charge in [0, 0.05) is 0 Å². The maximum absolute atomic E-state index is 9.81. The maximum atomic E-state index is 9.81. The topological polar surface area (TPSA) is 80.3 Å². The Kier molecular flexibility index (Phi) is 18.0. The van der Waals surface area contributed by atoms with Crippen molar-refractivity contribution in [3.63, 3.8) is 0 Å². The first-order valence-electron chi connectivity index (χ1n) is 1.19. The Balaban J connectivity index is -0.0000000720. The van der Waals surface area contributed by atoms with E-state index in [1.165, 1.54) is 0 Å². The summed E-state index contributed by atoms with van der Waals surface area (Å²) in [5, 5.41) is 16.4. The van der Waals surface area contributed by atoms with Gasteiger partial charge in [0.1, 0.15) is 0 Å². The number of carbonyl (C=O) groups excluding carboxylic acids is 2. The molecule has 0 saturated heterocycles. The Bertz CT molecular complexity index is 74.6. The van der Waals surface area contributed by atoms with Crippen LogP contribution in [0.4, 0.5) is 18.4 Å². The molecule has 0 aromatic carbocycles. The molecule has 0 rings (SSSR count). The SMILES string of the molecule is O=C([O-])F.O=C([O-])F.[Ni+2]. The monoisotopic (exact) mass is 184 g/mol. The molecule has 0 aromatic heterocycles. The van der Waals surface area contributed by atoms with Gasteiger partial charge in [-0.05, 0) is 0 Å². The van der Waals surface area contributed by atoms with Crippen LogP contribution in [-0.2, 0) is 16.5 Å². The van der Waals surface area contributed by atoms with E-state index >= 15 is 0 Å². The minimum absolute atomic E-state index is 0. The summed E-state index contributed by atoms with van der Waals surface area (Å²) in [5.74, 6) is 0. The first kappa shape index (κ1) is 15.7. The maximum Gasteiger partial charge on any atom is 2.00 e. The van der Waals surface area contributed by atoms with Crippen LogP contribution in [0.3, 0.4) is 0 Å². The van der Waals surface area contributed by atoms with Gasteiger partial charge in [0.05, 0.1) is 0 Å². The van der Waals surface area contributed by atoms with Gasteiger partial charge in [-0.1, -0.05) is 0 Å². The van der Waals surface area contributed by atoms with Crippen LogP contribution in [0.1, 0.15) is 0 Å². The molecule has 0 aromatic rings. The first-order valence-corrected chi connectivity index (χ1v) is 1.19. The minimum Gasteiger partial charge on any atom is -0.520 e. The molecule has 0 radical (unpaired) electrons. The number of carboxylic acid groups (broad SMARTS) is 2. The van der Waals surface area contributed by atoms with Crippen molar-refractivity contribution >= 4 is 12.4 Å². The molecule has 56 valence electrons. The van der Waals surface area contributed by atoms with Crippen molar-refractivity contribution in [1.82, 2.24) is 0 Å². The van der Waals surface area contributed by atoms with Crippen molar-refractivity contribution in [1.29, 1.82) is 0 Å². The summed E-state index contributed by atoms with van der Waals surface area (Å²) in [6, 6.07) is 0. The average molecular weight is 185 g/mol. The fourth-order valence-electron chi connectivity index (χ4n) is 0. The van der Waals surface area contributed by atoms with Crippen LogP contribution in [0.5, 0.6) is 0 Å². The second-order valence-corrected chi connectivity index (χ2v) is 0.475. The van der Waals surface area contributed by atoms with Gasteiger partial charge in [-0.15, -0.1) is 0 Å². The average Bonchev–Trinajstić information content (AvgIpc) is 1.25. The molecule has 0 spiro atoms. The number of hydrogen-bond acceptors (Lipinski definition) is 4. The van der Waals surface area contributed by atoms with Gasteiger partial charge in [0.2, 0.25) is 12.4 Å². The molecule has 0 bridgehead atoms.